The Morgan fingerprint density at radius 3 is 2.59 bits per heavy atom. The van der Waals surface area contributed by atoms with E-state index in [9.17, 15) is 9.90 Å². The molecule has 0 bridgehead atoms. The van der Waals surface area contributed by atoms with E-state index in [1.165, 1.54) is 19.3 Å². The zero-order chi connectivity index (χ0) is 20.0. The molecule has 3 fully saturated rings. The predicted octanol–water partition coefficient (Wildman–Crippen LogP) is 2.99. The van der Waals surface area contributed by atoms with Crippen molar-refractivity contribution < 1.29 is 9.90 Å². The van der Waals surface area contributed by atoms with Gasteiger partial charge in [-0.15, -0.1) is 24.0 Å². The molecule has 29 heavy (non-hydrogen) atoms. The van der Waals surface area contributed by atoms with Crippen LogP contribution in [0.1, 0.15) is 65.2 Å². The Balaban J connectivity index is 0.00000300. The number of halogens is 1. The fourth-order valence-electron chi connectivity index (χ4n) is 4.63. The highest BCUT2D eigenvalue weighted by atomic mass is 127. The summed E-state index contributed by atoms with van der Waals surface area (Å²) in [5, 5.41) is 17.9. The van der Waals surface area contributed by atoms with Crippen LogP contribution < -0.4 is 10.6 Å². The molecule has 3 N–H and O–H groups in total. The average Bonchev–Trinajstić information content (AvgIpc) is 3.18. The van der Waals surface area contributed by atoms with E-state index in [0.29, 0.717) is 17.7 Å². The number of nitrogens with one attached hydrogen (secondary N) is 2. The number of carbonyl (C=O) groups is 1. The SMILES string of the molecule is CCNC(=NCC1(O)CCC1SCC)NC1CCN(C(=O)C2CCCCC2)C1.I. The van der Waals surface area contributed by atoms with Crippen LogP contribution in [0.2, 0.25) is 0 Å². The molecule has 3 atom stereocenters. The Hall–Kier alpha value is -0.220. The standard InChI is InChI=1S/C21H38N4O2S.HI/c1-3-22-20(23-15-21(27)12-10-18(21)28-4-2)24-17-11-13-25(14-17)19(26)16-8-6-5-7-9-16;/h16-18,27H,3-15H2,1-2H3,(H2,22,23,24);1H. The first-order valence-electron chi connectivity index (χ1n) is 11.2. The van der Waals surface area contributed by atoms with Crippen molar-refractivity contribution in [2.24, 2.45) is 10.9 Å². The molecule has 1 amide bonds. The molecule has 168 valence electrons. The molecule has 3 rings (SSSR count). The van der Waals surface area contributed by atoms with Crippen LogP contribution in [0.3, 0.4) is 0 Å². The van der Waals surface area contributed by atoms with E-state index in [4.69, 9.17) is 4.99 Å². The number of hydrogen-bond donors (Lipinski definition) is 3. The van der Waals surface area contributed by atoms with Crippen molar-refractivity contribution in [1.29, 1.82) is 0 Å². The molecule has 0 aromatic carbocycles. The second-order valence-electron chi connectivity index (χ2n) is 8.53. The van der Waals surface area contributed by atoms with Crippen LogP contribution in [0.5, 0.6) is 0 Å². The average molecular weight is 539 g/mol. The normalized spacial score (nSPS) is 30.4. The minimum Gasteiger partial charge on any atom is -0.387 e. The monoisotopic (exact) mass is 538 g/mol. The van der Waals surface area contributed by atoms with Gasteiger partial charge in [0.2, 0.25) is 5.91 Å². The van der Waals surface area contributed by atoms with Crippen molar-refractivity contribution in [2.45, 2.75) is 82.1 Å². The van der Waals surface area contributed by atoms with Crippen LogP contribution in [0.4, 0.5) is 0 Å². The van der Waals surface area contributed by atoms with Crippen molar-refractivity contribution >= 4 is 47.6 Å². The Kier molecular flexibility index (Phi) is 10.3. The van der Waals surface area contributed by atoms with Gasteiger partial charge in [0.15, 0.2) is 5.96 Å². The quantitative estimate of drug-likeness (QED) is 0.264. The molecule has 1 heterocycles. The second kappa shape index (κ2) is 12.0. The van der Waals surface area contributed by atoms with Gasteiger partial charge < -0.3 is 20.6 Å². The fourth-order valence-corrected chi connectivity index (χ4v) is 5.82. The summed E-state index contributed by atoms with van der Waals surface area (Å²) in [5.74, 6) is 2.39. The molecule has 3 unspecified atom stereocenters. The molecule has 0 aromatic rings. The summed E-state index contributed by atoms with van der Waals surface area (Å²) in [6, 6.07) is 0.238. The van der Waals surface area contributed by atoms with E-state index in [1.807, 2.05) is 16.7 Å². The van der Waals surface area contributed by atoms with E-state index >= 15 is 0 Å². The van der Waals surface area contributed by atoms with Crippen molar-refractivity contribution in [1.82, 2.24) is 15.5 Å². The van der Waals surface area contributed by atoms with Gasteiger partial charge in [-0.2, -0.15) is 11.8 Å². The van der Waals surface area contributed by atoms with Gasteiger partial charge in [0, 0.05) is 36.8 Å². The van der Waals surface area contributed by atoms with Crippen molar-refractivity contribution in [2.75, 3.05) is 31.9 Å². The number of amides is 1. The first-order valence-corrected chi connectivity index (χ1v) is 12.3. The number of nitrogens with zero attached hydrogens (tertiary/aromatic N) is 2. The molecule has 2 aliphatic carbocycles. The zero-order valence-electron chi connectivity index (χ0n) is 18.0. The Morgan fingerprint density at radius 1 is 1.21 bits per heavy atom. The van der Waals surface area contributed by atoms with Crippen LogP contribution in [-0.2, 0) is 4.79 Å². The summed E-state index contributed by atoms with van der Waals surface area (Å²) in [7, 11) is 0. The van der Waals surface area contributed by atoms with Crippen molar-refractivity contribution in [3.8, 4) is 0 Å². The minimum absolute atomic E-state index is 0. The molecule has 8 heteroatoms. The van der Waals surface area contributed by atoms with Gasteiger partial charge in [0.1, 0.15) is 0 Å². The van der Waals surface area contributed by atoms with E-state index in [2.05, 4.69) is 24.5 Å². The van der Waals surface area contributed by atoms with Crippen LogP contribution in [0.25, 0.3) is 0 Å². The molecule has 0 aromatic heterocycles. The lowest BCUT2D eigenvalue weighted by Gasteiger charge is -2.44. The highest BCUT2D eigenvalue weighted by molar-refractivity contribution is 14.0. The summed E-state index contributed by atoms with van der Waals surface area (Å²) in [4.78, 5) is 19.5. The molecule has 0 radical (unpaired) electrons. The molecule has 1 aliphatic heterocycles. The molecule has 0 spiro atoms. The van der Waals surface area contributed by atoms with Crippen molar-refractivity contribution in [3.05, 3.63) is 0 Å². The lowest BCUT2D eigenvalue weighted by Crippen LogP contribution is -2.53. The smallest absolute Gasteiger partial charge is 0.225 e. The van der Waals surface area contributed by atoms with E-state index in [1.54, 1.807) is 0 Å². The van der Waals surface area contributed by atoms with Gasteiger partial charge in [-0.3, -0.25) is 9.79 Å². The summed E-state index contributed by atoms with van der Waals surface area (Å²) in [6.45, 7) is 7.02. The molecule has 1 saturated heterocycles. The first-order chi connectivity index (χ1) is 13.6. The minimum atomic E-state index is -0.665. The van der Waals surface area contributed by atoms with Crippen LogP contribution in [0.15, 0.2) is 4.99 Å². The Bertz CT molecular complexity index is 559. The maximum atomic E-state index is 12.8. The van der Waals surface area contributed by atoms with Gasteiger partial charge in [-0.25, -0.2) is 0 Å². The summed E-state index contributed by atoms with van der Waals surface area (Å²) in [5.41, 5.74) is -0.665. The largest absolute Gasteiger partial charge is 0.387 e. The number of likely N-dealkylation sites (tertiary alicyclic amines) is 1. The van der Waals surface area contributed by atoms with E-state index in [-0.39, 0.29) is 35.9 Å². The number of thioether (sulfide) groups is 1. The van der Waals surface area contributed by atoms with Crippen LogP contribution in [0, 0.1) is 5.92 Å². The van der Waals surface area contributed by atoms with Gasteiger partial charge in [-0.05, 0) is 44.8 Å². The third-order valence-corrected chi connectivity index (χ3v) is 7.87. The topological polar surface area (TPSA) is 77.0 Å². The maximum Gasteiger partial charge on any atom is 0.225 e. The number of rotatable bonds is 7. The van der Waals surface area contributed by atoms with E-state index < -0.39 is 5.60 Å². The van der Waals surface area contributed by atoms with Crippen molar-refractivity contribution in [3.63, 3.8) is 0 Å². The third-order valence-electron chi connectivity index (χ3n) is 6.46. The lowest BCUT2D eigenvalue weighted by atomic mass is 9.79. The zero-order valence-corrected chi connectivity index (χ0v) is 21.1. The van der Waals surface area contributed by atoms with Gasteiger partial charge >= 0.3 is 0 Å². The fraction of sp³-hybridized carbons (Fsp3) is 0.905. The maximum absolute atomic E-state index is 12.8. The third kappa shape index (κ3) is 6.63. The predicted molar refractivity (Wildman–Crippen MR) is 132 cm³/mol. The van der Waals surface area contributed by atoms with E-state index in [0.717, 1.165) is 63.5 Å². The molecule has 3 aliphatic rings. The highest BCUT2D eigenvalue weighted by Crippen LogP contribution is 2.41. The summed E-state index contributed by atoms with van der Waals surface area (Å²) < 4.78 is 0. The van der Waals surface area contributed by atoms with Gasteiger partial charge in [0.25, 0.3) is 0 Å². The number of aliphatic hydroxyl groups is 1. The molecule has 2 saturated carbocycles. The molecular weight excluding hydrogens is 499 g/mol. The Morgan fingerprint density at radius 2 is 1.97 bits per heavy atom. The summed E-state index contributed by atoms with van der Waals surface area (Å²) >= 11 is 1.84. The van der Waals surface area contributed by atoms with Gasteiger partial charge in [0.05, 0.1) is 12.1 Å². The van der Waals surface area contributed by atoms with Gasteiger partial charge in [-0.1, -0.05) is 26.2 Å². The van der Waals surface area contributed by atoms with Crippen LogP contribution in [-0.4, -0.2) is 70.7 Å². The molecule has 6 nitrogen and oxygen atoms in total. The van der Waals surface area contributed by atoms with Crippen LogP contribution >= 0.6 is 35.7 Å². The first kappa shape index (κ1) is 25.0. The Labute approximate surface area is 197 Å². The highest BCUT2D eigenvalue weighted by Gasteiger charge is 2.45. The number of guanidine groups is 1. The number of carbonyl (C=O) groups excluding carboxylic acids is 1. The number of hydrogen-bond acceptors (Lipinski definition) is 4. The molecular formula is C21H39IN4O2S. The lowest BCUT2D eigenvalue weighted by molar-refractivity contribution is -0.135. The number of aliphatic imine (C=N–C) groups is 1. The summed E-state index contributed by atoms with van der Waals surface area (Å²) in [6.07, 6.45) is 8.67. The second-order valence-corrected chi connectivity index (χ2v) is 10.0.